The highest BCUT2D eigenvalue weighted by Gasteiger charge is 2.67. The Bertz CT molecular complexity index is 540. The molecule has 2 N–H and O–H groups in total. The summed E-state index contributed by atoms with van der Waals surface area (Å²) in [5.74, 6) is -1.05. The number of allylic oxidation sites excluding steroid dienone is 3. The average Bonchev–Trinajstić information content (AvgIpc) is 2.98. The molecule has 4 heteroatoms. The van der Waals surface area contributed by atoms with Gasteiger partial charge in [-0.05, 0) is 43.6 Å². The van der Waals surface area contributed by atoms with Crippen LogP contribution in [-0.4, -0.2) is 27.6 Å². The monoisotopic (exact) mass is 262 g/mol. The van der Waals surface area contributed by atoms with Gasteiger partial charge >= 0.3 is 5.97 Å². The van der Waals surface area contributed by atoms with Crippen LogP contribution in [-0.2, 0) is 9.59 Å². The molecule has 0 radical (unpaired) electrons. The van der Waals surface area contributed by atoms with Gasteiger partial charge in [-0.2, -0.15) is 0 Å². The lowest BCUT2D eigenvalue weighted by atomic mass is 9.73. The molecule has 1 fully saturated rings. The smallest absolute Gasteiger partial charge is 0.328 e. The number of carboxylic acid groups (broad SMARTS) is 1. The molecular weight excluding hydrogens is 244 g/mol. The van der Waals surface area contributed by atoms with E-state index >= 15 is 0 Å². The maximum atomic E-state index is 11.7. The summed E-state index contributed by atoms with van der Waals surface area (Å²) in [6, 6.07) is 0. The molecule has 0 aliphatic heterocycles. The lowest BCUT2D eigenvalue weighted by Crippen LogP contribution is -2.42. The highest BCUT2D eigenvalue weighted by Crippen LogP contribution is 2.64. The molecule has 2 aliphatic rings. The van der Waals surface area contributed by atoms with Crippen LogP contribution in [0.4, 0.5) is 0 Å². The van der Waals surface area contributed by atoms with Crippen molar-refractivity contribution in [2.75, 3.05) is 0 Å². The molecule has 2 aliphatic carbocycles. The lowest BCUT2D eigenvalue weighted by Gasteiger charge is -2.36. The van der Waals surface area contributed by atoms with Crippen molar-refractivity contribution in [3.63, 3.8) is 0 Å². The Morgan fingerprint density at radius 1 is 1.53 bits per heavy atom. The highest BCUT2D eigenvalue weighted by molar-refractivity contribution is 5.97. The Morgan fingerprint density at radius 3 is 2.74 bits per heavy atom. The molecule has 0 heterocycles. The van der Waals surface area contributed by atoms with Crippen LogP contribution in [0.2, 0.25) is 0 Å². The van der Waals surface area contributed by atoms with Crippen molar-refractivity contribution >= 4 is 11.8 Å². The number of fused-ring (bicyclic) bond motifs is 1. The predicted molar refractivity (Wildman–Crippen MR) is 70.5 cm³/mol. The largest absolute Gasteiger partial charge is 0.478 e. The van der Waals surface area contributed by atoms with E-state index in [2.05, 4.69) is 0 Å². The van der Waals surface area contributed by atoms with Gasteiger partial charge in [0.1, 0.15) is 5.60 Å². The number of aliphatic carboxylic acids is 1. The second-order valence-electron chi connectivity index (χ2n) is 5.73. The first kappa shape index (κ1) is 13.7. The number of hydrogen-bond acceptors (Lipinski definition) is 3. The Labute approximate surface area is 112 Å². The minimum atomic E-state index is -1.17. The first-order valence-electron chi connectivity index (χ1n) is 6.26. The number of ketones is 1. The number of carbonyl (C=O) groups excluding carboxylic acids is 1. The van der Waals surface area contributed by atoms with E-state index < -0.39 is 17.0 Å². The maximum Gasteiger partial charge on any atom is 0.328 e. The summed E-state index contributed by atoms with van der Waals surface area (Å²) in [6.45, 7) is 5.29. The molecular formula is C15H18O4. The second kappa shape index (κ2) is 4.17. The van der Waals surface area contributed by atoms with Gasteiger partial charge in [-0.25, -0.2) is 4.79 Å². The number of carbonyl (C=O) groups is 2. The van der Waals surface area contributed by atoms with Gasteiger partial charge in [-0.15, -0.1) is 0 Å². The minimum Gasteiger partial charge on any atom is -0.478 e. The van der Waals surface area contributed by atoms with Crippen LogP contribution in [0.5, 0.6) is 0 Å². The van der Waals surface area contributed by atoms with E-state index in [1.165, 1.54) is 6.08 Å². The Hall–Kier alpha value is -1.68. The average molecular weight is 262 g/mol. The Morgan fingerprint density at radius 2 is 2.16 bits per heavy atom. The third-order valence-corrected chi connectivity index (χ3v) is 4.35. The van der Waals surface area contributed by atoms with E-state index in [1.807, 2.05) is 6.92 Å². The summed E-state index contributed by atoms with van der Waals surface area (Å²) >= 11 is 0. The summed E-state index contributed by atoms with van der Waals surface area (Å²) in [7, 11) is 0. The lowest BCUT2D eigenvalue weighted by molar-refractivity contribution is -0.131. The van der Waals surface area contributed by atoms with Gasteiger partial charge in [0, 0.05) is 17.4 Å². The zero-order valence-electron chi connectivity index (χ0n) is 11.3. The predicted octanol–water partition coefficient (Wildman–Crippen LogP) is 1.86. The molecule has 0 spiro atoms. The van der Waals surface area contributed by atoms with Crippen molar-refractivity contribution in [1.29, 1.82) is 0 Å². The van der Waals surface area contributed by atoms with Gasteiger partial charge < -0.3 is 10.2 Å². The van der Waals surface area contributed by atoms with Gasteiger partial charge in [0.15, 0.2) is 5.78 Å². The van der Waals surface area contributed by atoms with Gasteiger partial charge in [0.25, 0.3) is 0 Å². The van der Waals surface area contributed by atoms with Crippen LogP contribution < -0.4 is 0 Å². The van der Waals surface area contributed by atoms with Crippen LogP contribution in [0, 0.1) is 11.3 Å². The quantitative estimate of drug-likeness (QED) is 0.601. The number of hydrogen-bond donors (Lipinski definition) is 2. The first-order valence-corrected chi connectivity index (χ1v) is 6.26. The van der Waals surface area contributed by atoms with Gasteiger partial charge in [0.2, 0.25) is 0 Å². The highest BCUT2D eigenvalue weighted by atomic mass is 16.4. The summed E-state index contributed by atoms with van der Waals surface area (Å²) in [5.41, 5.74) is -0.457. The van der Waals surface area contributed by atoms with Crippen molar-refractivity contribution in [3.05, 3.63) is 35.5 Å². The number of rotatable bonds is 3. The van der Waals surface area contributed by atoms with Crippen LogP contribution in [0.3, 0.4) is 0 Å². The summed E-state index contributed by atoms with van der Waals surface area (Å²) in [6.07, 6.45) is 6.46. The molecule has 2 rings (SSSR count). The molecule has 0 amide bonds. The summed E-state index contributed by atoms with van der Waals surface area (Å²) in [5, 5.41) is 19.5. The molecule has 0 aromatic carbocycles. The summed E-state index contributed by atoms with van der Waals surface area (Å²) in [4.78, 5) is 22.3. The van der Waals surface area contributed by atoms with E-state index in [-0.39, 0.29) is 11.7 Å². The van der Waals surface area contributed by atoms with Crippen molar-refractivity contribution in [3.8, 4) is 0 Å². The van der Waals surface area contributed by atoms with Gasteiger partial charge in [0.05, 0.1) is 0 Å². The standard InChI is InChI=1S/C15H18O4/c1-9(6-13(17)18)4-5-15(19)10(2)7-12(16)11-8-14(11,15)3/h4-7,11,19H,8H2,1-3H3,(H,17,18). The first-order chi connectivity index (χ1) is 8.70. The third kappa shape index (κ3) is 2.06. The zero-order chi connectivity index (χ0) is 14.4. The fourth-order valence-corrected chi connectivity index (χ4v) is 2.89. The van der Waals surface area contributed by atoms with E-state index in [0.717, 1.165) is 6.08 Å². The Kier molecular flexibility index (Phi) is 3.01. The van der Waals surface area contributed by atoms with Gasteiger partial charge in [-0.1, -0.05) is 13.0 Å². The molecule has 1 saturated carbocycles. The maximum absolute atomic E-state index is 11.7. The normalized spacial score (nSPS) is 38.1. The van der Waals surface area contributed by atoms with Crippen molar-refractivity contribution in [1.82, 2.24) is 0 Å². The fraction of sp³-hybridized carbons (Fsp3) is 0.467. The number of aliphatic hydroxyl groups is 1. The fourth-order valence-electron chi connectivity index (χ4n) is 2.89. The third-order valence-electron chi connectivity index (χ3n) is 4.35. The van der Waals surface area contributed by atoms with Crippen LogP contribution in [0.25, 0.3) is 0 Å². The van der Waals surface area contributed by atoms with E-state index in [4.69, 9.17) is 5.11 Å². The molecule has 0 aromatic heterocycles. The summed E-state index contributed by atoms with van der Waals surface area (Å²) < 4.78 is 0. The molecule has 102 valence electrons. The molecule has 3 unspecified atom stereocenters. The van der Waals surface area contributed by atoms with Crippen LogP contribution in [0.15, 0.2) is 35.5 Å². The van der Waals surface area contributed by atoms with E-state index in [0.29, 0.717) is 17.6 Å². The zero-order valence-corrected chi connectivity index (χ0v) is 11.3. The van der Waals surface area contributed by atoms with Crippen molar-refractivity contribution < 1.29 is 19.8 Å². The second-order valence-corrected chi connectivity index (χ2v) is 5.73. The van der Waals surface area contributed by atoms with Crippen LogP contribution in [0.1, 0.15) is 27.2 Å². The van der Waals surface area contributed by atoms with Crippen LogP contribution >= 0.6 is 0 Å². The van der Waals surface area contributed by atoms with Crippen molar-refractivity contribution in [2.45, 2.75) is 32.8 Å². The van der Waals surface area contributed by atoms with E-state index in [1.54, 1.807) is 26.0 Å². The molecule has 0 aromatic rings. The Balaban J connectivity index is 2.33. The molecule has 3 atom stereocenters. The number of carboxylic acids is 1. The van der Waals surface area contributed by atoms with Crippen molar-refractivity contribution in [2.24, 2.45) is 11.3 Å². The molecule has 0 saturated heterocycles. The topological polar surface area (TPSA) is 74.6 Å². The van der Waals surface area contributed by atoms with E-state index in [9.17, 15) is 14.7 Å². The molecule has 0 bridgehead atoms. The molecule has 4 nitrogen and oxygen atoms in total. The molecule has 19 heavy (non-hydrogen) atoms. The van der Waals surface area contributed by atoms with Gasteiger partial charge in [-0.3, -0.25) is 4.79 Å². The minimum absolute atomic E-state index is 0.0795. The SMILES string of the molecule is CC(C=CC1(O)C(C)=CC(=O)C2CC21C)=CC(=O)O.